The molecule has 0 aromatic heterocycles. The van der Waals surface area contributed by atoms with Crippen LogP contribution in [0.3, 0.4) is 0 Å². The van der Waals surface area contributed by atoms with Gasteiger partial charge in [-0.15, -0.1) is 0 Å². The maximum Gasteiger partial charge on any atom is 0.150 e. The number of hydrogen-bond donors (Lipinski definition) is 1. The van der Waals surface area contributed by atoms with Crippen LogP contribution < -0.4 is 5.32 Å². The molecular weight excluding hydrogens is 198 g/mol. The van der Waals surface area contributed by atoms with Gasteiger partial charge in [0.15, 0.2) is 9.84 Å². The van der Waals surface area contributed by atoms with E-state index in [2.05, 4.69) is 26.1 Å². The van der Waals surface area contributed by atoms with Gasteiger partial charge in [0.1, 0.15) is 0 Å². The minimum atomic E-state index is -2.73. The van der Waals surface area contributed by atoms with Gasteiger partial charge in [-0.25, -0.2) is 8.42 Å². The Morgan fingerprint density at radius 3 is 2.43 bits per heavy atom. The Morgan fingerprint density at radius 1 is 1.43 bits per heavy atom. The van der Waals surface area contributed by atoms with Gasteiger partial charge in [0.05, 0.1) is 11.5 Å². The van der Waals surface area contributed by atoms with E-state index in [1.807, 2.05) is 0 Å². The second kappa shape index (κ2) is 4.62. The Kier molecular flexibility index (Phi) is 3.95. The standard InChI is InChI=1S/C10H21NO2S/c1-4-11-10(8(2)3)9-5-6-14(12,13)7-9/h8-11H,4-7H2,1-3H3. The molecule has 1 aliphatic heterocycles. The van der Waals surface area contributed by atoms with Crippen LogP contribution in [0.1, 0.15) is 27.2 Å². The second-order valence-corrected chi connectivity index (χ2v) is 6.72. The topological polar surface area (TPSA) is 46.2 Å². The summed E-state index contributed by atoms with van der Waals surface area (Å²) < 4.78 is 22.7. The summed E-state index contributed by atoms with van der Waals surface area (Å²) in [5.74, 6) is 1.59. The summed E-state index contributed by atoms with van der Waals surface area (Å²) in [4.78, 5) is 0. The molecule has 4 heteroatoms. The normalized spacial score (nSPS) is 28.1. The molecule has 0 radical (unpaired) electrons. The van der Waals surface area contributed by atoms with Gasteiger partial charge >= 0.3 is 0 Å². The van der Waals surface area contributed by atoms with Crippen molar-refractivity contribution in [1.82, 2.24) is 5.32 Å². The first kappa shape index (κ1) is 12.0. The Balaban J connectivity index is 2.62. The molecule has 1 saturated heterocycles. The van der Waals surface area contributed by atoms with Gasteiger partial charge < -0.3 is 5.32 Å². The van der Waals surface area contributed by atoms with Crippen molar-refractivity contribution in [3.05, 3.63) is 0 Å². The molecule has 0 saturated carbocycles. The van der Waals surface area contributed by atoms with Crippen LogP contribution in [0.4, 0.5) is 0 Å². The van der Waals surface area contributed by atoms with Crippen molar-refractivity contribution in [3.8, 4) is 0 Å². The first-order valence-electron chi connectivity index (χ1n) is 5.40. The molecule has 0 aliphatic carbocycles. The molecule has 84 valence electrons. The highest BCUT2D eigenvalue weighted by Crippen LogP contribution is 2.25. The van der Waals surface area contributed by atoms with Gasteiger partial charge in [-0.1, -0.05) is 20.8 Å². The van der Waals surface area contributed by atoms with E-state index in [4.69, 9.17) is 0 Å². The van der Waals surface area contributed by atoms with Crippen LogP contribution in [0, 0.1) is 11.8 Å². The number of rotatable bonds is 4. The van der Waals surface area contributed by atoms with Crippen molar-refractivity contribution in [1.29, 1.82) is 0 Å². The molecule has 2 atom stereocenters. The van der Waals surface area contributed by atoms with Gasteiger partial charge in [-0.05, 0) is 24.8 Å². The summed E-state index contributed by atoms with van der Waals surface area (Å²) in [6.45, 7) is 7.29. The van der Waals surface area contributed by atoms with Crippen molar-refractivity contribution in [2.24, 2.45) is 11.8 Å². The first-order valence-corrected chi connectivity index (χ1v) is 7.22. The van der Waals surface area contributed by atoms with Crippen molar-refractivity contribution in [2.75, 3.05) is 18.1 Å². The van der Waals surface area contributed by atoms with Crippen LogP contribution in [-0.2, 0) is 9.84 Å². The molecule has 0 spiro atoms. The molecule has 0 bridgehead atoms. The molecule has 0 aromatic carbocycles. The molecule has 1 aliphatic rings. The van der Waals surface area contributed by atoms with E-state index in [1.165, 1.54) is 0 Å². The average Bonchev–Trinajstić information content (AvgIpc) is 2.41. The van der Waals surface area contributed by atoms with Gasteiger partial charge in [0.2, 0.25) is 0 Å². The van der Waals surface area contributed by atoms with Crippen molar-refractivity contribution in [2.45, 2.75) is 33.2 Å². The van der Waals surface area contributed by atoms with Crippen LogP contribution in [0.2, 0.25) is 0 Å². The van der Waals surface area contributed by atoms with E-state index in [9.17, 15) is 8.42 Å². The zero-order valence-corrected chi connectivity index (χ0v) is 10.1. The molecule has 2 unspecified atom stereocenters. The summed E-state index contributed by atoms with van der Waals surface area (Å²) in [5.41, 5.74) is 0. The largest absolute Gasteiger partial charge is 0.314 e. The fraction of sp³-hybridized carbons (Fsp3) is 1.00. The molecule has 14 heavy (non-hydrogen) atoms. The van der Waals surface area contributed by atoms with E-state index >= 15 is 0 Å². The van der Waals surface area contributed by atoms with Crippen molar-refractivity contribution < 1.29 is 8.42 Å². The fourth-order valence-corrected chi connectivity index (χ4v) is 4.14. The molecule has 1 heterocycles. The molecule has 1 N–H and O–H groups in total. The van der Waals surface area contributed by atoms with E-state index < -0.39 is 9.84 Å². The van der Waals surface area contributed by atoms with Crippen LogP contribution in [0.25, 0.3) is 0 Å². The maximum absolute atomic E-state index is 11.3. The molecule has 1 fully saturated rings. The number of nitrogens with one attached hydrogen (secondary N) is 1. The van der Waals surface area contributed by atoms with E-state index in [1.54, 1.807) is 0 Å². The predicted molar refractivity (Wildman–Crippen MR) is 59.1 cm³/mol. The lowest BCUT2D eigenvalue weighted by Gasteiger charge is -2.27. The Bertz CT molecular complexity index is 272. The Hall–Kier alpha value is -0.0900. The highest BCUT2D eigenvalue weighted by atomic mass is 32.2. The molecule has 3 nitrogen and oxygen atoms in total. The average molecular weight is 219 g/mol. The second-order valence-electron chi connectivity index (χ2n) is 4.49. The first-order chi connectivity index (χ1) is 6.46. The molecule has 0 amide bonds. The number of sulfone groups is 1. The van der Waals surface area contributed by atoms with E-state index in [0.29, 0.717) is 29.4 Å². The molecule has 1 rings (SSSR count). The summed E-state index contributed by atoms with van der Waals surface area (Å²) in [5, 5.41) is 3.40. The Morgan fingerprint density at radius 2 is 2.07 bits per heavy atom. The van der Waals surface area contributed by atoms with Gasteiger partial charge in [0.25, 0.3) is 0 Å². The quantitative estimate of drug-likeness (QED) is 0.769. The number of hydrogen-bond acceptors (Lipinski definition) is 3. The summed E-state index contributed by atoms with van der Waals surface area (Å²) >= 11 is 0. The third-order valence-corrected chi connectivity index (χ3v) is 4.73. The fourth-order valence-electron chi connectivity index (χ4n) is 2.29. The molecule has 0 aromatic rings. The minimum absolute atomic E-state index is 0.319. The third kappa shape index (κ3) is 2.95. The minimum Gasteiger partial charge on any atom is -0.314 e. The maximum atomic E-state index is 11.3. The van der Waals surface area contributed by atoms with Crippen LogP contribution in [0.15, 0.2) is 0 Å². The van der Waals surface area contributed by atoms with Gasteiger partial charge in [-0.3, -0.25) is 0 Å². The van der Waals surface area contributed by atoms with Crippen molar-refractivity contribution >= 4 is 9.84 Å². The van der Waals surface area contributed by atoms with E-state index in [-0.39, 0.29) is 0 Å². The Labute approximate surface area is 87.2 Å². The highest BCUT2D eigenvalue weighted by molar-refractivity contribution is 7.91. The van der Waals surface area contributed by atoms with Crippen molar-refractivity contribution in [3.63, 3.8) is 0 Å². The lowest BCUT2D eigenvalue weighted by molar-refractivity contribution is 0.308. The van der Waals surface area contributed by atoms with Crippen LogP contribution in [0.5, 0.6) is 0 Å². The van der Waals surface area contributed by atoms with Gasteiger partial charge in [-0.2, -0.15) is 0 Å². The van der Waals surface area contributed by atoms with Crippen LogP contribution >= 0.6 is 0 Å². The summed E-state index contributed by atoms with van der Waals surface area (Å²) in [6, 6.07) is 0.359. The zero-order chi connectivity index (χ0) is 10.8. The summed E-state index contributed by atoms with van der Waals surface area (Å²) in [7, 11) is -2.73. The highest BCUT2D eigenvalue weighted by Gasteiger charge is 2.34. The lowest BCUT2D eigenvalue weighted by Crippen LogP contribution is -2.40. The SMILES string of the molecule is CCNC(C(C)C)C1CCS(=O)(=O)C1. The molecular formula is C10H21NO2S. The third-order valence-electron chi connectivity index (χ3n) is 2.93. The predicted octanol–water partition coefficient (Wildman–Crippen LogP) is 1.06. The zero-order valence-electron chi connectivity index (χ0n) is 9.29. The monoisotopic (exact) mass is 219 g/mol. The summed E-state index contributed by atoms with van der Waals surface area (Å²) in [6.07, 6.45) is 0.832. The van der Waals surface area contributed by atoms with Crippen LogP contribution in [-0.4, -0.2) is 32.5 Å². The van der Waals surface area contributed by atoms with Gasteiger partial charge in [0, 0.05) is 6.04 Å². The van der Waals surface area contributed by atoms with E-state index in [0.717, 1.165) is 13.0 Å². The smallest absolute Gasteiger partial charge is 0.150 e. The lowest BCUT2D eigenvalue weighted by atomic mass is 9.90.